The molecule has 0 saturated heterocycles. The number of nitrogens with one attached hydrogen (secondary N) is 3. The van der Waals surface area contributed by atoms with Crippen molar-refractivity contribution in [2.75, 3.05) is 21.1 Å². The van der Waals surface area contributed by atoms with Crippen molar-refractivity contribution in [3.05, 3.63) is 0 Å². The zero-order valence-corrected chi connectivity index (χ0v) is 14.0. The molecule has 2 atom stereocenters. The number of Topliss-reactive ketones (excluding diaryl/α,β-unsaturated/α-hetero) is 2. The molecule has 5 nitrogen and oxygen atoms in total. The number of hydrogen-bond acceptors (Lipinski definition) is 5. The highest BCUT2D eigenvalue weighted by molar-refractivity contribution is 6.07. The predicted molar refractivity (Wildman–Crippen MR) is 82.6 cm³/mol. The van der Waals surface area contributed by atoms with Gasteiger partial charge in [0.05, 0.1) is 12.0 Å². The van der Waals surface area contributed by atoms with Crippen LogP contribution in [0.2, 0.25) is 0 Å². The average Bonchev–Trinajstić information content (AvgIpc) is 2.44. The van der Waals surface area contributed by atoms with Gasteiger partial charge in [-0.3, -0.25) is 20.2 Å². The molecule has 0 amide bonds. The summed E-state index contributed by atoms with van der Waals surface area (Å²) >= 11 is 0. The molecule has 0 bridgehead atoms. The molecule has 2 unspecified atom stereocenters. The highest BCUT2D eigenvalue weighted by Crippen LogP contribution is 2.20. The largest absolute Gasteiger partial charge is 0.311 e. The fourth-order valence-corrected chi connectivity index (χ4v) is 2.07. The van der Waals surface area contributed by atoms with Crippen molar-refractivity contribution in [3.63, 3.8) is 0 Å². The Hall–Kier alpha value is -0.780. The van der Waals surface area contributed by atoms with Gasteiger partial charge in [-0.1, -0.05) is 13.8 Å². The van der Waals surface area contributed by atoms with Crippen LogP contribution in [0.5, 0.6) is 0 Å². The predicted octanol–water partition coefficient (Wildman–Crippen LogP) is 0.940. The molecule has 5 heteroatoms. The van der Waals surface area contributed by atoms with Gasteiger partial charge in [0.1, 0.15) is 5.66 Å². The number of carbonyl (C=O) groups excluding carboxylic acids is 2. The molecular formula is C15H31N3O2. The molecule has 3 N–H and O–H groups in total. The Labute approximate surface area is 123 Å². The fraction of sp³-hybridized carbons (Fsp3) is 0.867. The van der Waals surface area contributed by atoms with E-state index in [2.05, 4.69) is 29.8 Å². The van der Waals surface area contributed by atoms with Crippen LogP contribution in [0.25, 0.3) is 0 Å². The molecule has 0 saturated carbocycles. The van der Waals surface area contributed by atoms with Crippen molar-refractivity contribution in [1.29, 1.82) is 0 Å². The summed E-state index contributed by atoms with van der Waals surface area (Å²) in [7, 11) is 5.18. The lowest BCUT2D eigenvalue weighted by atomic mass is 9.83. The Morgan fingerprint density at radius 1 is 1.00 bits per heavy atom. The van der Waals surface area contributed by atoms with Crippen molar-refractivity contribution in [3.8, 4) is 0 Å². The third kappa shape index (κ3) is 4.96. The van der Waals surface area contributed by atoms with Gasteiger partial charge in [-0.2, -0.15) is 0 Å². The van der Waals surface area contributed by atoms with Gasteiger partial charge in [0.25, 0.3) is 0 Å². The summed E-state index contributed by atoms with van der Waals surface area (Å²) in [6, 6.07) is -0.311. The van der Waals surface area contributed by atoms with Gasteiger partial charge in [-0.05, 0) is 53.8 Å². The maximum absolute atomic E-state index is 12.7. The first-order valence-electron chi connectivity index (χ1n) is 7.36. The summed E-state index contributed by atoms with van der Waals surface area (Å²) in [6.07, 6.45) is 1.46. The summed E-state index contributed by atoms with van der Waals surface area (Å²) in [5.74, 6) is -0.228. The number of likely N-dealkylation sites (N-methyl/N-ethyl adjacent to an activating group) is 3. The lowest BCUT2D eigenvalue weighted by molar-refractivity contribution is -0.138. The minimum absolute atomic E-state index is 0.0325. The first-order chi connectivity index (χ1) is 9.23. The van der Waals surface area contributed by atoms with E-state index in [0.717, 1.165) is 6.42 Å². The van der Waals surface area contributed by atoms with Gasteiger partial charge in [0, 0.05) is 0 Å². The second kappa shape index (κ2) is 8.49. The molecule has 0 aromatic heterocycles. The van der Waals surface area contributed by atoms with Crippen LogP contribution in [-0.4, -0.2) is 44.4 Å². The average molecular weight is 285 g/mol. The second-order valence-electron chi connectivity index (χ2n) is 5.93. The van der Waals surface area contributed by atoms with Crippen LogP contribution < -0.4 is 16.0 Å². The Morgan fingerprint density at radius 3 is 1.85 bits per heavy atom. The molecule has 0 fully saturated rings. The molecule has 20 heavy (non-hydrogen) atoms. The zero-order chi connectivity index (χ0) is 15.9. The minimum Gasteiger partial charge on any atom is -0.311 e. The number of rotatable bonds is 10. The summed E-state index contributed by atoms with van der Waals surface area (Å²) < 4.78 is 0. The van der Waals surface area contributed by atoms with E-state index in [9.17, 15) is 9.59 Å². The lowest BCUT2D eigenvalue weighted by Crippen LogP contribution is -2.61. The number of ketones is 2. The van der Waals surface area contributed by atoms with Crippen LogP contribution in [0.1, 0.15) is 40.5 Å². The van der Waals surface area contributed by atoms with Crippen LogP contribution in [-0.2, 0) is 9.59 Å². The maximum atomic E-state index is 12.7. The van der Waals surface area contributed by atoms with Crippen LogP contribution in [0, 0.1) is 11.8 Å². The van der Waals surface area contributed by atoms with Gasteiger partial charge in [-0.15, -0.1) is 0 Å². The van der Waals surface area contributed by atoms with Gasteiger partial charge in [0.15, 0.2) is 11.6 Å². The van der Waals surface area contributed by atoms with Crippen LogP contribution in [0.15, 0.2) is 0 Å². The Balaban J connectivity index is 5.20. The van der Waals surface area contributed by atoms with Gasteiger partial charge in [-0.25, -0.2) is 0 Å². The minimum atomic E-state index is -0.870. The smallest absolute Gasteiger partial charge is 0.177 e. The van der Waals surface area contributed by atoms with Crippen LogP contribution in [0.4, 0.5) is 0 Å². The maximum Gasteiger partial charge on any atom is 0.177 e. The van der Waals surface area contributed by atoms with E-state index >= 15 is 0 Å². The van der Waals surface area contributed by atoms with E-state index in [4.69, 9.17) is 0 Å². The molecule has 0 aromatic carbocycles. The third-order valence-corrected chi connectivity index (χ3v) is 4.05. The molecule has 0 spiro atoms. The fourth-order valence-electron chi connectivity index (χ4n) is 2.07. The molecule has 0 aliphatic carbocycles. The zero-order valence-electron chi connectivity index (χ0n) is 14.0. The van der Waals surface area contributed by atoms with Crippen LogP contribution in [0.3, 0.4) is 0 Å². The van der Waals surface area contributed by atoms with Crippen molar-refractivity contribution in [2.24, 2.45) is 11.8 Å². The highest BCUT2D eigenvalue weighted by Gasteiger charge is 2.39. The summed E-state index contributed by atoms with van der Waals surface area (Å²) in [5.41, 5.74) is -0.870. The van der Waals surface area contributed by atoms with E-state index in [1.165, 1.54) is 0 Å². The summed E-state index contributed by atoms with van der Waals surface area (Å²) in [6.45, 7) is 7.77. The van der Waals surface area contributed by atoms with Gasteiger partial charge >= 0.3 is 0 Å². The van der Waals surface area contributed by atoms with E-state index in [-0.39, 0.29) is 17.6 Å². The topological polar surface area (TPSA) is 70.2 Å². The highest BCUT2D eigenvalue weighted by atomic mass is 16.2. The molecule has 0 rings (SSSR count). The third-order valence-electron chi connectivity index (χ3n) is 4.05. The van der Waals surface area contributed by atoms with Crippen molar-refractivity contribution in [2.45, 2.75) is 52.2 Å². The first kappa shape index (κ1) is 19.2. The van der Waals surface area contributed by atoms with Crippen molar-refractivity contribution in [1.82, 2.24) is 16.0 Å². The molecule has 0 heterocycles. The van der Waals surface area contributed by atoms with Crippen LogP contribution >= 0.6 is 0 Å². The quantitative estimate of drug-likeness (QED) is 0.412. The van der Waals surface area contributed by atoms with Crippen molar-refractivity contribution < 1.29 is 9.59 Å². The Kier molecular flexibility index (Phi) is 8.16. The van der Waals surface area contributed by atoms with Gasteiger partial charge < -0.3 is 5.32 Å². The standard InChI is InChI=1S/C15H31N3O2/c1-10(2)8-9-12(13(19)11(3)16-5)14(20)15(4,17-6)18-7/h10-12,16-18H,8-9H2,1-7H3. The van der Waals surface area contributed by atoms with E-state index < -0.39 is 11.6 Å². The number of hydrogen-bond donors (Lipinski definition) is 3. The Morgan fingerprint density at radius 2 is 1.50 bits per heavy atom. The lowest BCUT2D eigenvalue weighted by Gasteiger charge is -2.32. The van der Waals surface area contributed by atoms with Crippen molar-refractivity contribution >= 4 is 11.6 Å². The molecule has 0 aliphatic heterocycles. The van der Waals surface area contributed by atoms with E-state index in [1.54, 1.807) is 35.0 Å². The Bertz CT molecular complexity index is 325. The second-order valence-corrected chi connectivity index (χ2v) is 5.93. The monoisotopic (exact) mass is 285 g/mol. The molecule has 0 aliphatic rings. The number of carbonyl (C=O) groups is 2. The normalized spacial score (nSPS) is 15.2. The molecule has 0 aromatic rings. The molecular weight excluding hydrogens is 254 g/mol. The summed E-state index contributed by atoms with van der Waals surface area (Å²) in [5, 5.41) is 8.88. The van der Waals surface area contributed by atoms with E-state index in [1.807, 2.05) is 0 Å². The molecule has 0 radical (unpaired) electrons. The molecule has 118 valence electrons. The van der Waals surface area contributed by atoms with Gasteiger partial charge in [0.2, 0.25) is 0 Å². The SMILES string of the molecule is CNC(C)C(=O)C(CCC(C)C)C(=O)C(C)(NC)NC. The summed E-state index contributed by atoms with van der Waals surface area (Å²) in [4.78, 5) is 25.2. The van der Waals surface area contributed by atoms with E-state index in [0.29, 0.717) is 12.3 Å². The first-order valence-corrected chi connectivity index (χ1v) is 7.36.